The Morgan fingerprint density at radius 3 is 0.892 bits per heavy atom. The predicted molar refractivity (Wildman–Crippen MR) is 299 cm³/mol. The minimum Gasteiger partial charge on any atom is -0.252 e. The first-order chi connectivity index (χ1) is 36.7. The Balaban J connectivity index is 0.853. The fourth-order valence-corrected chi connectivity index (χ4v) is 11.5. The van der Waals surface area contributed by atoms with Crippen molar-refractivity contribution in [1.29, 1.82) is 0 Å². The van der Waals surface area contributed by atoms with Crippen molar-refractivity contribution in [3.8, 4) is 45.3 Å². The zero-order chi connectivity index (χ0) is 48.4. The van der Waals surface area contributed by atoms with Crippen molar-refractivity contribution in [1.82, 2.24) is 49.2 Å². The summed E-state index contributed by atoms with van der Waals surface area (Å²) in [5.41, 5.74) is 13.4. The first kappa shape index (κ1) is 40.4. The summed E-state index contributed by atoms with van der Waals surface area (Å²) < 4.78 is 4.68. The third kappa shape index (κ3) is 5.81. The molecule has 0 atom stereocenters. The summed E-state index contributed by atoms with van der Waals surface area (Å²) in [6.07, 6.45) is 11.0. The van der Waals surface area contributed by atoms with Crippen molar-refractivity contribution in [3.63, 3.8) is 0 Å². The van der Waals surface area contributed by atoms with E-state index >= 15 is 0 Å². The largest absolute Gasteiger partial charge is 0.252 e. The van der Waals surface area contributed by atoms with E-state index in [1.165, 1.54) is 0 Å². The van der Waals surface area contributed by atoms with Gasteiger partial charge in [-0.2, -0.15) is 0 Å². The summed E-state index contributed by atoms with van der Waals surface area (Å²) in [6, 6.07) is 63.6. The number of rotatable bonds is 5. The maximum atomic E-state index is 5.21. The molecule has 342 valence electrons. The molecule has 10 heteroatoms. The standard InChI is InChI=1S/C64H36N10/c1-5-21-43-37(15-1)39-17-3-7-23-45(39)61-59(43)69-35-55(71-61)53-33-65-51(31-67-53)49-27-13-25-47-41-19-9-11-29-57(41)73(63(47)49)74-58-30-12-10-20-42(58)48-26-14-28-50(64(48)74)52-32-68-54(34-66-52)56-36-70-60-44-22-6-2-16-38(44)40-18-4-8-24-46(40)62(60)72-56/h1-36H. The summed E-state index contributed by atoms with van der Waals surface area (Å²) >= 11 is 0. The molecule has 0 saturated heterocycles. The first-order valence-corrected chi connectivity index (χ1v) is 24.6. The Hall–Kier alpha value is -10.3. The average molecular weight is 945 g/mol. The van der Waals surface area contributed by atoms with Gasteiger partial charge in [0.1, 0.15) is 22.8 Å². The molecule has 10 aromatic carbocycles. The Morgan fingerprint density at radius 1 is 0.216 bits per heavy atom. The van der Waals surface area contributed by atoms with Crippen LogP contribution in [0.15, 0.2) is 219 Å². The van der Waals surface area contributed by atoms with Gasteiger partial charge in [-0.15, -0.1) is 0 Å². The van der Waals surface area contributed by atoms with Crippen LogP contribution in [-0.2, 0) is 0 Å². The van der Waals surface area contributed by atoms with Gasteiger partial charge in [0.05, 0.1) is 92.7 Å². The molecule has 10 nitrogen and oxygen atoms in total. The van der Waals surface area contributed by atoms with Crippen molar-refractivity contribution >= 4 is 109 Å². The molecule has 0 aliphatic heterocycles. The van der Waals surface area contributed by atoms with Crippen LogP contribution in [0.5, 0.6) is 0 Å². The summed E-state index contributed by atoms with van der Waals surface area (Å²) in [5.74, 6) is 0. The Bertz CT molecular complexity index is 4630. The second-order valence-corrected chi connectivity index (χ2v) is 18.7. The molecule has 74 heavy (non-hydrogen) atoms. The quantitative estimate of drug-likeness (QED) is 0.157. The molecule has 0 amide bonds. The zero-order valence-electron chi connectivity index (χ0n) is 39.3. The van der Waals surface area contributed by atoms with E-state index in [9.17, 15) is 0 Å². The molecule has 0 saturated carbocycles. The molecule has 0 spiro atoms. The van der Waals surface area contributed by atoms with Crippen LogP contribution in [0.3, 0.4) is 0 Å². The topological polar surface area (TPSA) is 113 Å². The minimum atomic E-state index is 0.641. The normalized spacial score (nSPS) is 12.1. The van der Waals surface area contributed by atoms with E-state index in [1.807, 2.05) is 37.2 Å². The summed E-state index contributed by atoms with van der Waals surface area (Å²) in [5, 5.41) is 13.3. The summed E-state index contributed by atoms with van der Waals surface area (Å²) in [6.45, 7) is 0. The van der Waals surface area contributed by atoms with Gasteiger partial charge in [-0.25, -0.2) is 19.3 Å². The lowest BCUT2D eigenvalue weighted by Crippen LogP contribution is -2.10. The van der Waals surface area contributed by atoms with E-state index in [0.29, 0.717) is 22.8 Å². The summed E-state index contributed by atoms with van der Waals surface area (Å²) in [7, 11) is 0. The van der Waals surface area contributed by atoms with Gasteiger partial charge < -0.3 is 0 Å². The Labute approximate surface area is 420 Å². The van der Waals surface area contributed by atoms with Gasteiger partial charge >= 0.3 is 0 Å². The van der Waals surface area contributed by atoms with E-state index in [1.54, 1.807) is 0 Å². The number of aromatic nitrogens is 10. The second kappa shape index (κ2) is 15.6. The lowest BCUT2D eigenvalue weighted by molar-refractivity contribution is 0.775. The number of benzene rings is 10. The van der Waals surface area contributed by atoms with Crippen molar-refractivity contribution < 1.29 is 0 Å². The third-order valence-corrected chi connectivity index (χ3v) is 14.8. The number of fused-ring (bicyclic) bond motifs is 18. The Morgan fingerprint density at radius 2 is 0.514 bits per heavy atom. The highest BCUT2D eigenvalue weighted by molar-refractivity contribution is 6.24. The number of hydrogen-bond acceptors (Lipinski definition) is 8. The van der Waals surface area contributed by atoms with E-state index in [0.717, 1.165) is 131 Å². The fraction of sp³-hybridized carbons (Fsp3) is 0. The molecule has 16 rings (SSSR count). The van der Waals surface area contributed by atoms with Gasteiger partial charge in [0.2, 0.25) is 0 Å². The smallest absolute Gasteiger partial charge is 0.109 e. The monoisotopic (exact) mass is 944 g/mol. The predicted octanol–water partition coefficient (Wildman–Crippen LogP) is 15.0. The molecule has 6 aromatic heterocycles. The lowest BCUT2D eigenvalue weighted by atomic mass is 9.99. The van der Waals surface area contributed by atoms with Crippen LogP contribution >= 0.6 is 0 Å². The van der Waals surface area contributed by atoms with E-state index in [-0.39, 0.29) is 0 Å². The molecular weight excluding hydrogens is 909 g/mol. The van der Waals surface area contributed by atoms with Gasteiger partial charge in [-0.05, 0) is 33.7 Å². The molecule has 0 fully saturated rings. The highest BCUT2D eigenvalue weighted by atomic mass is 15.5. The van der Waals surface area contributed by atoms with E-state index in [2.05, 4.69) is 191 Å². The van der Waals surface area contributed by atoms with Crippen LogP contribution in [0.1, 0.15) is 0 Å². The summed E-state index contributed by atoms with van der Waals surface area (Å²) in [4.78, 5) is 40.8. The van der Waals surface area contributed by atoms with E-state index < -0.39 is 0 Å². The van der Waals surface area contributed by atoms with Crippen LogP contribution in [0.2, 0.25) is 0 Å². The lowest BCUT2D eigenvalue weighted by Gasteiger charge is -2.17. The van der Waals surface area contributed by atoms with Crippen molar-refractivity contribution in [2.75, 3.05) is 0 Å². The van der Waals surface area contributed by atoms with Crippen LogP contribution < -0.4 is 0 Å². The van der Waals surface area contributed by atoms with Gasteiger partial charge in [-0.3, -0.25) is 29.9 Å². The SMILES string of the molecule is c1ccc2c(c1)c1ccccc1c1nc(-c3cnc(-c4cccc5c6ccccc6n(-n6c7ccccc7c7cccc(-c8cnc(-c9cnc%10c%11ccccc%11c%11ccccc%11c%10n9)cn8)c76)c45)cn3)cnc21. The Kier molecular flexibility index (Phi) is 8.51. The maximum Gasteiger partial charge on any atom is 0.109 e. The average Bonchev–Trinajstić information content (AvgIpc) is 4.00. The van der Waals surface area contributed by atoms with E-state index in [4.69, 9.17) is 39.9 Å². The molecule has 0 N–H and O–H groups in total. The van der Waals surface area contributed by atoms with Crippen LogP contribution in [0.4, 0.5) is 0 Å². The van der Waals surface area contributed by atoms with Crippen LogP contribution in [0, 0.1) is 0 Å². The van der Waals surface area contributed by atoms with Gasteiger partial charge in [0.25, 0.3) is 0 Å². The van der Waals surface area contributed by atoms with Crippen LogP contribution in [0.25, 0.3) is 154 Å². The molecule has 0 bridgehead atoms. The molecule has 0 unspecified atom stereocenters. The fourth-order valence-electron chi connectivity index (χ4n) is 11.5. The van der Waals surface area contributed by atoms with Gasteiger partial charge in [-0.1, -0.05) is 170 Å². The van der Waals surface area contributed by atoms with Crippen molar-refractivity contribution in [2.45, 2.75) is 0 Å². The maximum absolute atomic E-state index is 5.21. The highest BCUT2D eigenvalue weighted by Crippen LogP contribution is 2.42. The molecule has 0 radical (unpaired) electrons. The van der Waals surface area contributed by atoms with Gasteiger partial charge in [0.15, 0.2) is 0 Å². The van der Waals surface area contributed by atoms with Crippen molar-refractivity contribution in [3.05, 3.63) is 219 Å². The second-order valence-electron chi connectivity index (χ2n) is 18.7. The molecule has 16 aromatic rings. The number of nitrogens with zero attached hydrogens (tertiary/aromatic N) is 10. The molecule has 0 aliphatic carbocycles. The number of hydrogen-bond donors (Lipinski definition) is 0. The molecule has 0 aliphatic rings. The molecule has 6 heterocycles. The first-order valence-electron chi connectivity index (χ1n) is 24.6. The van der Waals surface area contributed by atoms with Crippen LogP contribution in [-0.4, -0.2) is 49.2 Å². The number of para-hydroxylation sites is 4. The minimum absolute atomic E-state index is 0.641. The van der Waals surface area contributed by atoms with Gasteiger partial charge in [0, 0.05) is 54.2 Å². The van der Waals surface area contributed by atoms with Crippen molar-refractivity contribution in [2.24, 2.45) is 0 Å². The third-order valence-electron chi connectivity index (χ3n) is 14.8. The molecular formula is C64H36N10. The zero-order valence-corrected chi connectivity index (χ0v) is 39.3. The highest BCUT2D eigenvalue weighted by Gasteiger charge is 2.24.